The fourth-order valence-electron chi connectivity index (χ4n) is 1.15. The Hall–Kier alpha value is -1.26. The molecule has 0 spiro atoms. The normalized spacial score (nSPS) is 11.8. The van der Waals surface area contributed by atoms with Crippen molar-refractivity contribution in [3.05, 3.63) is 28.2 Å². The van der Waals surface area contributed by atoms with Gasteiger partial charge in [0.05, 0.1) is 10.0 Å². The summed E-state index contributed by atoms with van der Waals surface area (Å²) in [5.41, 5.74) is 0.425. The molecule has 0 saturated carbocycles. The predicted molar refractivity (Wildman–Crippen MR) is 73.0 cm³/mol. The van der Waals surface area contributed by atoms with E-state index >= 15 is 0 Å². The molecule has 98 valence electrons. The average Bonchev–Trinajstić information content (AvgIpc) is 2.33. The molecule has 0 heterocycles. The monoisotopic (exact) mass is 288 g/mol. The summed E-state index contributed by atoms with van der Waals surface area (Å²) in [6.45, 7) is 3.74. The van der Waals surface area contributed by atoms with Crippen molar-refractivity contribution < 1.29 is 9.59 Å². The Labute approximate surface area is 116 Å². The van der Waals surface area contributed by atoms with Crippen molar-refractivity contribution in [2.24, 2.45) is 0 Å². The largest absolute Gasteiger partial charge is 0.345 e. The van der Waals surface area contributed by atoms with Gasteiger partial charge in [0, 0.05) is 11.7 Å². The lowest BCUT2D eigenvalue weighted by Gasteiger charge is -2.11. The van der Waals surface area contributed by atoms with E-state index in [1.165, 1.54) is 6.07 Å². The zero-order valence-electron chi connectivity index (χ0n) is 10.1. The van der Waals surface area contributed by atoms with Crippen LogP contribution in [-0.2, 0) is 9.59 Å². The number of carbonyl (C=O) groups excluding carboxylic acids is 2. The molecule has 1 rings (SSSR count). The van der Waals surface area contributed by atoms with Crippen LogP contribution in [0.3, 0.4) is 0 Å². The number of anilines is 1. The molecule has 0 saturated heterocycles. The maximum absolute atomic E-state index is 11.6. The number of halogens is 2. The Bertz CT molecular complexity index is 463. The third-order valence-corrected chi connectivity index (χ3v) is 3.11. The van der Waals surface area contributed by atoms with E-state index in [1.54, 1.807) is 12.1 Å². The minimum absolute atomic E-state index is 0.0444. The first kappa shape index (κ1) is 14.8. The van der Waals surface area contributed by atoms with Crippen LogP contribution in [0.1, 0.15) is 20.3 Å². The van der Waals surface area contributed by atoms with E-state index in [2.05, 4.69) is 10.6 Å². The molecule has 0 aliphatic heterocycles. The van der Waals surface area contributed by atoms with Gasteiger partial charge in [0.2, 0.25) is 0 Å². The third kappa shape index (κ3) is 4.20. The van der Waals surface area contributed by atoms with E-state index in [4.69, 9.17) is 23.2 Å². The Morgan fingerprint density at radius 3 is 2.44 bits per heavy atom. The van der Waals surface area contributed by atoms with Crippen molar-refractivity contribution in [3.63, 3.8) is 0 Å². The van der Waals surface area contributed by atoms with Gasteiger partial charge in [0.1, 0.15) is 0 Å². The summed E-state index contributed by atoms with van der Waals surface area (Å²) >= 11 is 11.5. The number of amides is 2. The van der Waals surface area contributed by atoms with Gasteiger partial charge < -0.3 is 10.6 Å². The summed E-state index contributed by atoms with van der Waals surface area (Å²) in [7, 11) is 0. The first-order chi connectivity index (χ1) is 8.43. The number of rotatable bonds is 3. The number of carbonyl (C=O) groups is 2. The third-order valence-electron chi connectivity index (χ3n) is 2.37. The molecule has 1 aromatic rings. The molecule has 0 aliphatic carbocycles. The van der Waals surface area contributed by atoms with Gasteiger partial charge in [-0.25, -0.2) is 0 Å². The molecule has 0 fully saturated rings. The standard InChI is InChI=1S/C12H14Cl2N2O2/c1-3-7(2)15-11(17)12(18)16-8-4-5-9(13)10(14)6-8/h4-7H,3H2,1-2H3,(H,15,17)(H,16,18)/t7-/m0/s1. The molecule has 0 unspecified atom stereocenters. The molecule has 1 atom stereocenters. The lowest BCUT2D eigenvalue weighted by Crippen LogP contribution is -2.40. The lowest BCUT2D eigenvalue weighted by atomic mass is 10.2. The van der Waals surface area contributed by atoms with Crippen LogP contribution in [-0.4, -0.2) is 17.9 Å². The van der Waals surface area contributed by atoms with E-state index in [0.717, 1.165) is 6.42 Å². The summed E-state index contributed by atoms with van der Waals surface area (Å²) in [6.07, 6.45) is 0.756. The van der Waals surface area contributed by atoms with Crippen LogP contribution in [0, 0.1) is 0 Å². The summed E-state index contributed by atoms with van der Waals surface area (Å²) in [6, 6.07) is 4.56. The predicted octanol–water partition coefficient (Wildman–Crippen LogP) is 2.85. The zero-order valence-corrected chi connectivity index (χ0v) is 11.6. The smallest absolute Gasteiger partial charge is 0.313 e. The van der Waals surface area contributed by atoms with Crippen LogP contribution >= 0.6 is 23.2 Å². The van der Waals surface area contributed by atoms with Gasteiger partial charge in [-0.2, -0.15) is 0 Å². The van der Waals surface area contributed by atoms with E-state index in [-0.39, 0.29) is 6.04 Å². The van der Waals surface area contributed by atoms with Crippen molar-refractivity contribution in [2.45, 2.75) is 26.3 Å². The highest BCUT2D eigenvalue weighted by molar-refractivity contribution is 6.42. The van der Waals surface area contributed by atoms with Crippen LogP contribution in [0.4, 0.5) is 5.69 Å². The SMILES string of the molecule is CC[C@H](C)NC(=O)C(=O)Nc1ccc(Cl)c(Cl)c1. The summed E-state index contributed by atoms with van der Waals surface area (Å²) in [5, 5.41) is 5.71. The molecule has 6 heteroatoms. The fourth-order valence-corrected chi connectivity index (χ4v) is 1.45. The van der Waals surface area contributed by atoms with Crippen molar-refractivity contribution in [1.82, 2.24) is 5.32 Å². The second-order valence-electron chi connectivity index (χ2n) is 3.87. The highest BCUT2D eigenvalue weighted by Gasteiger charge is 2.15. The molecule has 2 amide bonds. The topological polar surface area (TPSA) is 58.2 Å². The Balaban J connectivity index is 2.64. The molecule has 1 aromatic carbocycles. The Morgan fingerprint density at radius 2 is 1.89 bits per heavy atom. The van der Waals surface area contributed by atoms with E-state index in [1.807, 2.05) is 13.8 Å². The Kier molecular flexibility index (Phi) is 5.44. The second kappa shape index (κ2) is 6.61. The number of nitrogens with one attached hydrogen (secondary N) is 2. The van der Waals surface area contributed by atoms with Crippen LogP contribution in [0.25, 0.3) is 0 Å². The number of hydrogen-bond donors (Lipinski definition) is 2. The van der Waals surface area contributed by atoms with Gasteiger partial charge in [-0.05, 0) is 31.5 Å². The first-order valence-corrected chi connectivity index (χ1v) is 6.26. The highest BCUT2D eigenvalue weighted by Crippen LogP contribution is 2.24. The maximum Gasteiger partial charge on any atom is 0.313 e. The van der Waals surface area contributed by atoms with Gasteiger partial charge in [0.25, 0.3) is 0 Å². The average molecular weight is 289 g/mol. The maximum atomic E-state index is 11.6. The van der Waals surface area contributed by atoms with E-state index < -0.39 is 11.8 Å². The van der Waals surface area contributed by atoms with Gasteiger partial charge >= 0.3 is 11.8 Å². The summed E-state index contributed by atoms with van der Waals surface area (Å²) in [5.74, 6) is -1.40. The van der Waals surface area contributed by atoms with Crippen LogP contribution in [0.5, 0.6) is 0 Å². The lowest BCUT2D eigenvalue weighted by molar-refractivity contribution is -0.136. The second-order valence-corrected chi connectivity index (χ2v) is 4.68. The fraction of sp³-hybridized carbons (Fsp3) is 0.333. The molecule has 0 aliphatic rings. The summed E-state index contributed by atoms with van der Waals surface area (Å²) in [4.78, 5) is 23.0. The van der Waals surface area contributed by atoms with Crippen molar-refractivity contribution in [1.29, 1.82) is 0 Å². The molecule has 2 N–H and O–H groups in total. The molecule has 0 aromatic heterocycles. The molecule has 18 heavy (non-hydrogen) atoms. The highest BCUT2D eigenvalue weighted by atomic mass is 35.5. The van der Waals surface area contributed by atoms with Gasteiger partial charge in [-0.3, -0.25) is 9.59 Å². The van der Waals surface area contributed by atoms with Crippen molar-refractivity contribution in [3.8, 4) is 0 Å². The van der Waals surface area contributed by atoms with E-state index in [9.17, 15) is 9.59 Å². The molecule has 4 nitrogen and oxygen atoms in total. The molecular weight excluding hydrogens is 275 g/mol. The summed E-state index contributed by atoms with van der Waals surface area (Å²) < 4.78 is 0. The molecular formula is C12H14Cl2N2O2. The van der Waals surface area contributed by atoms with E-state index in [0.29, 0.717) is 15.7 Å². The first-order valence-electron chi connectivity index (χ1n) is 5.51. The minimum Gasteiger partial charge on any atom is -0.345 e. The van der Waals surface area contributed by atoms with Crippen LogP contribution in [0.2, 0.25) is 10.0 Å². The van der Waals surface area contributed by atoms with Crippen molar-refractivity contribution >= 4 is 40.7 Å². The Morgan fingerprint density at radius 1 is 1.22 bits per heavy atom. The quantitative estimate of drug-likeness (QED) is 0.841. The van der Waals surface area contributed by atoms with Gasteiger partial charge in [0.15, 0.2) is 0 Å². The molecule has 0 bridgehead atoms. The number of hydrogen-bond acceptors (Lipinski definition) is 2. The van der Waals surface area contributed by atoms with Gasteiger partial charge in [-0.1, -0.05) is 30.1 Å². The number of benzene rings is 1. The van der Waals surface area contributed by atoms with Crippen LogP contribution in [0.15, 0.2) is 18.2 Å². The zero-order chi connectivity index (χ0) is 13.7. The van der Waals surface area contributed by atoms with Gasteiger partial charge in [-0.15, -0.1) is 0 Å². The van der Waals surface area contributed by atoms with Crippen LogP contribution < -0.4 is 10.6 Å². The minimum atomic E-state index is -0.728. The molecule has 0 radical (unpaired) electrons. The van der Waals surface area contributed by atoms with Crippen molar-refractivity contribution in [2.75, 3.05) is 5.32 Å².